The quantitative estimate of drug-likeness (QED) is 0.505. The molecule has 0 radical (unpaired) electrons. The average molecular weight is 144 g/mol. The fourth-order valence-electron chi connectivity index (χ4n) is 1.23. The van der Waals surface area contributed by atoms with Gasteiger partial charge in [0.1, 0.15) is 12.8 Å². The molecule has 2 aliphatic rings. The molecule has 54 valence electrons. The van der Waals surface area contributed by atoms with Crippen LogP contribution in [0.4, 0.5) is 0 Å². The molecule has 0 bridgehead atoms. The van der Waals surface area contributed by atoms with Crippen molar-refractivity contribution in [1.82, 2.24) is 0 Å². The van der Waals surface area contributed by atoms with Crippen molar-refractivity contribution in [2.75, 3.05) is 0 Å². The molecule has 0 heterocycles. The van der Waals surface area contributed by atoms with Crippen molar-refractivity contribution in [1.29, 1.82) is 5.41 Å². The Kier molecular flexibility index (Phi) is 1.42. The van der Waals surface area contributed by atoms with Crippen molar-refractivity contribution in [3.63, 3.8) is 0 Å². The summed E-state index contributed by atoms with van der Waals surface area (Å²) in [5.41, 5.74) is 3.41. The molecule has 1 nitrogen and oxygen atoms in total. The van der Waals surface area contributed by atoms with Crippen molar-refractivity contribution in [3.8, 4) is 0 Å². The molecular weight excluding hydrogens is 134 g/mol. The van der Waals surface area contributed by atoms with Gasteiger partial charge < -0.3 is 5.41 Å². The first-order chi connectivity index (χ1) is 5.36. The monoisotopic (exact) mass is 144 g/mol. The third-order valence-electron chi connectivity index (χ3n) is 2.07. The lowest BCUT2D eigenvalue weighted by Gasteiger charge is -2.11. The average Bonchev–Trinajstić information content (AvgIpc) is 1.90. The second-order valence-corrected chi connectivity index (χ2v) is 2.88. The summed E-state index contributed by atoms with van der Waals surface area (Å²) < 4.78 is 0. The zero-order chi connectivity index (χ0) is 7.68. The van der Waals surface area contributed by atoms with Gasteiger partial charge in [0.2, 0.25) is 0 Å². The topological polar surface area (TPSA) is 23.9 Å². The third kappa shape index (κ3) is 1.14. The first-order valence-electron chi connectivity index (χ1n) is 3.84. The molecule has 0 atom stereocenters. The lowest BCUT2D eigenvalue weighted by molar-refractivity contribution is 0.840. The van der Waals surface area contributed by atoms with Gasteiger partial charge in [-0.3, -0.25) is 0 Å². The van der Waals surface area contributed by atoms with Crippen LogP contribution < -0.4 is 0 Å². The minimum atomic E-state index is 0.595. The van der Waals surface area contributed by atoms with Crippen LogP contribution >= 0.6 is 0 Å². The van der Waals surface area contributed by atoms with Crippen LogP contribution in [0.1, 0.15) is 12.8 Å². The van der Waals surface area contributed by atoms with Crippen LogP contribution in [0.15, 0.2) is 35.5 Å². The molecule has 0 aromatic carbocycles. The molecule has 0 aromatic rings. The molecule has 0 saturated heterocycles. The van der Waals surface area contributed by atoms with E-state index in [9.17, 15) is 0 Å². The summed E-state index contributed by atoms with van der Waals surface area (Å²) in [6, 6.07) is 0. The van der Waals surface area contributed by atoms with E-state index in [0.29, 0.717) is 5.71 Å². The van der Waals surface area contributed by atoms with E-state index in [-0.39, 0.29) is 0 Å². The Labute approximate surface area is 66.6 Å². The Morgan fingerprint density at radius 3 is 2.18 bits per heavy atom. The standard InChI is InChI=1S/C10H10N/c11-10-6-4-9(5-7-10)8-2-1-3-8/h1,4-7,11H,2-3H2/q+1. The predicted octanol–water partition coefficient (Wildman–Crippen LogP) is 2.43. The minimum Gasteiger partial charge on any atom is -0.301 e. The van der Waals surface area contributed by atoms with E-state index < -0.39 is 0 Å². The summed E-state index contributed by atoms with van der Waals surface area (Å²) >= 11 is 0. The van der Waals surface area contributed by atoms with Crippen LogP contribution in [0.25, 0.3) is 0 Å². The summed E-state index contributed by atoms with van der Waals surface area (Å²) in [6.45, 7) is 0. The Hall–Kier alpha value is -1.24. The van der Waals surface area contributed by atoms with E-state index in [1.54, 1.807) is 0 Å². The number of rotatable bonds is 0. The van der Waals surface area contributed by atoms with E-state index in [1.165, 1.54) is 11.1 Å². The smallest absolute Gasteiger partial charge is 0.114 e. The van der Waals surface area contributed by atoms with Gasteiger partial charge in [-0.15, -0.1) is 0 Å². The number of hydrogen-bond donors (Lipinski definition) is 1. The van der Waals surface area contributed by atoms with Gasteiger partial charge in [0.05, 0.1) is 12.1 Å². The molecule has 0 spiro atoms. The van der Waals surface area contributed by atoms with Crippen LogP contribution in [0.3, 0.4) is 0 Å². The molecule has 0 aliphatic heterocycles. The Morgan fingerprint density at radius 1 is 1.09 bits per heavy atom. The SMILES string of the molecule is N=C1C=CC(=C2C[CH+]C2)C=C1. The van der Waals surface area contributed by atoms with E-state index in [2.05, 4.69) is 6.42 Å². The molecule has 1 fully saturated rings. The van der Waals surface area contributed by atoms with Gasteiger partial charge in [-0.05, 0) is 17.7 Å². The van der Waals surface area contributed by atoms with Crippen molar-refractivity contribution >= 4 is 5.71 Å². The zero-order valence-corrected chi connectivity index (χ0v) is 6.30. The van der Waals surface area contributed by atoms with E-state index in [0.717, 1.165) is 12.8 Å². The number of hydrogen-bond acceptors (Lipinski definition) is 1. The molecular formula is C10H10N+. The summed E-state index contributed by atoms with van der Waals surface area (Å²) in [7, 11) is 0. The van der Waals surface area contributed by atoms with Gasteiger partial charge in [0.25, 0.3) is 0 Å². The van der Waals surface area contributed by atoms with Crippen LogP contribution in [-0.2, 0) is 0 Å². The van der Waals surface area contributed by atoms with E-state index >= 15 is 0 Å². The molecule has 1 heteroatoms. The van der Waals surface area contributed by atoms with Crippen LogP contribution in [0.5, 0.6) is 0 Å². The van der Waals surface area contributed by atoms with Gasteiger partial charge in [-0.2, -0.15) is 0 Å². The normalized spacial score (nSPS) is 21.6. The molecule has 0 amide bonds. The van der Waals surface area contributed by atoms with Crippen molar-refractivity contribution in [2.45, 2.75) is 12.8 Å². The second kappa shape index (κ2) is 2.42. The maximum Gasteiger partial charge on any atom is 0.114 e. The lowest BCUT2D eigenvalue weighted by atomic mass is 9.86. The van der Waals surface area contributed by atoms with E-state index in [1.807, 2.05) is 24.3 Å². The summed E-state index contributed by atoms with van der Waals surface area (Å²) in [4.78, 5) is 0. The van der Waals surface area contributed by atoms with E-state index in [4.69, 9.17) is 5.41 Å². The lowest BCUT2D eigenvalue weighted by Crippen LogP contribution is -2.02. The first-order valence-corrected chi connectivity index (χ1v) is 3.84. The molecule has 2 aliphatic carbocycles. The highest BCUT2D eigenvalue weighted by atomic mass is 14.4. The van der Waals surface area contributed by atoms with Crippen LogP contribution in [0.2, 0.25) is 0 Å². The number of allylic oxidation sites excluding steroid dienone is 6. The Morgan fingerprint density at radius 2 is 1.73 bits per heavy atom. The maximum absolute atomic E-state index is 7.29. The molecule has 11 heavy (non-hydrogen) atoms. The summed E-state index contributed by atoms with van der Waals surface area (Å²) in [5, 5.41) is 7.29. The Balaban J connectivity index is 2.24. The minimum absolute atomic E-state index is 0.595. The highest BCUT2D eigenvalue weighted by Crippen LogP contribution is 2.29. The first kappa shape index (κ1) is 6.47. The van der Waals surface area contributed by atoms with Crippen molar-refractivity contribution < 1.29 is 0 Å². The maximum atomic E-state index is 7.29. The van der Waals surface area contributed by atoms with Crippen LogP contribution in [0, 0.1) is 11.8 Å². The molecule has 1 N–H and O–H groups in total. The van der Waals surface area contributed by atoms with Gasteiger partial charge in [-0.1, -0.05) is 12.2 Å². The van der Waals surface area contributed by atoms with Crippen LogP contribution in [-0.4, -0.2) is 5.71 Å². The highest BCUT2D eigenvalue weighted by molar-refractivity contribution is 6.03. The highest BCUT2D eigenvalue weighted by Gasteiger charge is 2.21. The third-order valence-corrected chi connectivity index (χ3v) is 2.07. The van der Waals surface area contributed by atoms with Gasteiger partial charge in [0, 0.05) is 5.57 Å². The largest absolute Gasteiger partial charge is 0.301 e. The Bertz CT molecular complexity index is 255. The second-order valence-electron chi connectivity index (χ2n) is 2.88. The molecule has 0 unspecified atom stereocenters. The van der Waals surface area contributed by atoms with Gasteiger partial charge >= 0.3 is 0 Å². The zero-order valence-electron chi connectivity index (χ0n) is 6.30. The molecule has 0 aromatic heterocycles. The summed E-state index contributed by atoms with van der Waals surface area (Å²) in [5.74, 6) is 0. The van der Waals surface area contributed by atoms with Crippen molar-refractivity contribution in [2.24, 2.45) is 0 Å². The van der Waals surface area contributed by atoms with Gasteiger partial charge in [-0.25, -0.2) is 0 Å². The fraction of sp³-hybridized carbons (Fsp3) is 0.200. The number of nitrogens with one attached hydrogen (secondary N) is 1. The van der Waals surface area contributed by atoms with Crippen molar-refractivity contribution in [3.05, 3.63) is 41.9 Å². The summed E-state index contributed by atoms with van der Waals surface area (Å²) in [6.07, 6.45) is 12.3. The molecule has 1 saturated carbocycles. The predicted molar refractivity (Wildman–Crippen MR) is 46.6 cm³/mol. The fourth-order valence-corrected chi connectivity index (χ4v) is 1.23. The molecule has 2 rings (SSSR count). The van der Waals surface area contributed by atoms with Gasteiger partial charge in [0.15, 0.2) is 0 Å².